The van der Waals surface area contributed by atoms with Gasteiger partial charge in [0.25, 0.3) is 16.0 Å². The van der Waals surface area contributed by atoms with Crippen molar-refractivity contribution >= 4 is 65.7 Å². The summed E-state index contributed by atoms with van der Waals surface area (Å²) in [6, 6.07) is 13.7. The molecule has 0 radical (unpaired) electrons. The summed E-state index contributed by atoms with van der Waals surface area (Å²) in [5, 5.41) is 0.0394. The van der Waals surface area contributed by atoms with E-state index in [1.165, 1.54) is 48.7 Å². The second-order valence-electron chi connectivity index (χ2n) is 6.96. The number of hydrogen-bond acceptors (Lipinski definition) is 8. The molecule has 0 atom stereocenters. The van der Waals surface area contributed by atoms with Gasteiger partial charge < -0.3 is 15.2 Å². The predicted octanol–water partition coefficient (Wildman–Crippen LogP) is 4.77. The fourth-order valence-corrected chi connectivity index (χ4v) is 5.41. The van der Waals surface area contributed by atoms with Gasteiger partial charge in [-0.3, -0.25) is 14.2 Å². The molecule has 0 aliphatic heterocycles. The molecule has 4 rings (SSSR count). The van der Waals surface area contributed by atoms with Crippen molar-refractivity contribution in [1.82, 2.24) is 4.98 Å². The van der Waals surface area contributed by atoms with Gasteiger partial charge in [0.05, 0.1) is 40.9 Å². The number of thiazole rings is 1. The Morgan fingerprint density at radius 1 is 1.09 bits per heavy atom. The number of para-hydroxylation sites is 1. The average Bonchev–Trinajstić information content (AvgIpc) is 3.23. The van der Waals surface area contributed by atoms with Gasteiger partial charge >= 0.3 is 0 Å². The number of carbonyl (C=O) groups is 1. The van der Waals surface area contributed by atoms with E-state index in [4.69, 9.17) is 26.8 Å². The number of aromatic nitrogens is 1. The molecule has 0 aliphatic carbocycles. The number of anilines is 3. The molecular weight excluding hydrogens is 502 g/mol. The van der Waals surface area contributed by atoms with Crippen LogP contribution >= 0.6 is 22.9 Å². The number of nitrogens with zero attached hydrogens (tertiary/aromatic N) is 2. The van der Waals surface area contributed by atoms with Crippen molar-refractivity contribution in [2.24, 2.45) is 0 Å². The molecule has 0 saturated carbocycles. The zero-order chi connectivity index (χ0) is 24.6. The fraction of sp³-hybridized carbons (Fsp3) is 0.0909. The van der Waals surface area contributed by atoms with E-state index in [2.05, 4.69) is 4.98 Å². The smallest absolute Gasteiger partial charge is 0.295 e. The Labute approximate surface area is 204 Å². The minimum atomic E-state index is -4.77. The first-order valence-corrected chi connectivity index (χ1v) is 12.3. The van der Waals surface area contributed by atoms with Crippen molar-refractivity contribution in [3.63, 3.8) is 0 Å². The summed E-state index contributed by atoms with van der Waals surface area (Å²) in [6.45, 7) is 0. The fourth-order valence-electron chi connectivity index (χ4n) is 3.37. The zero-order valence-electron chi connectivity index (χ0n) is 17.9. The minimum Gasteiger partial charge on any atom is -0.493 e. The van der Waals surface area contributed by atoms with Crippen LogP contribution in [0, 0.1) is 0 Å². The number of halogens is 1. The summed E-state index contributed by atoms with van der Waals surface area (Å²) in [7, 11) is -1.86. The first kappa shape index (κ1) is 23.8. The first-order valence-electron chi connectivity index (χ1n) is 9.63. The number of rotatable bonds is 6. The van der Waals surface area contributed by atoms with Crippen LogP contribution in [0.3, 0.4) is 0 Å². The Kier molecular flexibility index (Phi) is 6.36. The van der Waals surface area contributed by atoms with Crippen LogP contribution in [0.1, 0.15) is 10.4 Å². The molecule has 0 bridgehead atoms. The molecule has 1 heterocycles. The number of carbonyl (C=O) groups excluding carboxylic acids is 1. The third kappa shape index (κ3) is 4.26. The molecule has 0 spiro atoms. The van der Waals surface area contributed by atoms with E-state index in [9.17, 15) is 17.8 Å². The van der Waals surface area contributed by atoms with Crippen molar-refractivity contribution < 1.29 is 27.2 Å². The normalized spacial score (nSPS) is 11.4. The zero-order valence-corrected chi connectivity index (χ0v) is 20.2. The van der Waals surface area contributed by atoms with Gasteiger partial charge in [-0.2, -0.15) is 8.42 Å². The lowest BCUT2D eigenvalue weighted by Gasteiger charge is -2.22. The molecule has 12 heteroatoms. The highest BCUT2D eigenvalue weighted by Crippen LogP contribution is 2.40. The molecule has 3 aromatic carbocycles. The van der Waals surface area contributed by atoms with Gasteiger partial charge in [0, 0.05) is 6.07 Å². The van der Waals surface area contributed by atoms with Crippen molar-refractivity contribution in [1.29, 1.82) is 0 Å². The van der Waals surface area contributed by atoms with Crippen LogP contribution in [0.5, 0.6) is 11.5 Å². The molecule has 0 fully saturated rings. The Balaban J connectivity index is 1.99. The second kappa shape index (κ2) is 9.11. The monoisotopic (exact) mass is 519 g/mol. The third-order valence-electron chi connectivity index (χ3n) is 4.93. The Bertz CT molecular complexity index is 1520. The van der Waals surface area contributed by atoms with Gasteiger partial charge in [0.15, 0.2) is 16.6 Å². The van der Waals surface area contributed by atoms with Gasteiger partial charge in [0.2, 0.25) is 0 Å². The molecule has 176 valence electrons. The topological polar surface area (TPSA) is 132 Å². The number of methoxy groups -OCH3 is 2. The van der Waals surface area contributed by atoms with Crippen LogP contribution in [0.15, 0.2) is 59.5 Å². The third-order valence-corrected chi connectivity index (χ3v) is 7.14. The quantitative estimate of drug-likeness (QED) is 0.275. The van der Waals surface area contributed by atoms with Crippen LogP contribution in [0.4, 0.5) is 16.5 Å². The molecule has 0 aliphatic rings. The summed E-state index contributed by atoms with van der Waals surface area (Å²) < 4.78 is 45.2. The molecule has 1 aromatic heterocycles. The van der Waals surface area contributed by atoms with E-state index in [0.29, 0.717) is 33.1 Å². The van der Waals surface area contributed by atoms with Crippen molar-refractivity contribution in [2.45, 2.75) is 4.90 Å². The van der Waals surface area contributed by atoms with E-state index in [1.807, 2.05) is 0 Å². The lowest BCUT2D eigenvalue weighted by molar-refractivity contribution is 0.0996. The summed E-state index contributed by atoms with van der Waals surface area (Å²) in [4.78, 5) is 19.0. The van der Waals surface area contributed by atoms with Crippen molar-refractivity contribution in [3.8, 4) is 11.5 Å². The summed E-state index contributed by atoms with van der Waals surface area (Å²) >= 11 is 7.42. The minimum absolute atomic E-state index is 0.161. The number of hydrogen-bond donors (Lipinski definition) is 2. The lowest BCUT2D eigenvalue weighted by atomic mass is 10.1. The molecule has 34 heavy (non-hydrogen) atoms. The average molecular weight is 520 g/mol. The van der Waals surface area contributed by atoms with Crippen LogP contribution in [-0.2, 0) is 10.1 Å². The summed E-state index contributed by atoms with van der Waals surface area (Å²) in [6.07, 6.45) is 0. The van der Waals surface area contributed by atoms with Crippen LogP contribution in [0.2, 0.25) is 5.02 Å². The summed E-state index contributed by atoms with van der Waals surface area (Å²) in [5.74, 6) is -0.0841. The highest BCUT2D eigenvalue weighted by atomic mass is 35.5. The molecule has 9 nitrogen and oxygen atoms in total. The Morgan fingerprint density at radius 3 is 2.44 bits per heavy atom. The number of benzene rings is 3. The molecule has 4 aromatic rings. The predicted molar refractivity (Wildman–Crippen MR) is 131 cm³/mol. The van der Waals surface area contributed by atoms with Gasteiger partial charge in [0.1, 0.15) is 10.4 Å². The summed E-state index contributed by atoms with van der Waals surface area (Å²) in [5.41, 5.74) is 6.83. The van der Waals surface area contributed by atoms with E-state index in [-0.39, 0.29) is 10.2 Å². The lowest BCUT2D eigenvalue weighted by Crippen LogP contribution is -2.28. The Morgan fingerprint density at radius 2 is 1.79 bits per heavy atom. The molecule has 0 saturated heterocycles. The van der Waals surface area contributed by atoms with Gasteiger partial charge in [-0.05, 0) is 36.4 Å². The maximum atomic E-state index is 13.9. The maximum Gasteiger partial charge on any atom is 0.295 e. The van der Waals surface area contributed by atoms with Crippen molar-refractivity contribution in [2.75, 3.05) is 24.9 Å². The van der Waals surface area contributed by atoms with Crippen LogP contribution in [-0.4, -0.2) is 38.1 Å². The first-order chi connectivity index (χ1) is 16.2. The number of nitrogen functional groups attached to an aromatic ring is 1. The SMILES string of the molecule is COc1ccc(N(C(=O)c2c(Cl)cccc2S(=O)(=O)O)c2nc3c(N)cccc3s2)cc1OC. The van der Waals surface area contributed by atoms with E-state index in [1.54, 1.807) is 30.3 Å². The van der Waals surface area contributed by atoms with Crippen LogP contribution in [0.25, 0.3) is 10.2 Å². The van der Waals surface area contributed by atoms with E-state index < -0.39 is 26.5 Å². The van der Waals surface area contributed by atoms with Gasteiger partial charge in [-0.25, -0.2) is 4.98 Å². The standard InChI is InChI=1S/C22H18ClN3O6S2/c1-31-15-10-9-12(11-16(15)32-2)26(22-25-20-14(24)6-4-7-17(20)33-22)21(27)19-13(23)5-3-8-18(19)34(28,29)30/h3-11H,24H2,1-2H3,(H,28,29,30). The van der Waals surface area contributed by atoms with Gasteiger partial charge in [-0.1, -0.05) is 35.1 Å². The number of fused-ring (bicyclic) bond motifs is 1. The highest BCUT2D eigenvalue weighted by Gasteiger charge is 2.31. The van der Waals surface area contributed by atoms with Crippen molar-refractivity contribution in [3.05, 3.63) is 65.2 Å². The number of ether oxygens (including phenoxy) is 2. The van der Waals surface area contributed by atoms with E-state index >= 15 is 0 Å². The highest BCUT2D eigenvalue weighted by molar-refractivity contribution is 7.86. The van der Waals surface area contributed by atoms with Crippen LogP contribution < -0.4 is 20.1 Å². The second-order valence-corrected chi connectivity index (χ2v) is 9.76. The maximum absolute atomic E-state index is 13.9. The Hall–Kier alpha value is -3.38. The molecule has 0 unspecified atom stereocenters. The van der Waals surface area contributed by atoms with E-state index in [0.717, 1.165) is 6.07 Å². The number of amides is 1. The molecule has 3 N–H and O–H groups in total. The molecular formula is C22H18ClN3O6S2. The number of nitrogens with two attached hydrogens (primary N) is 1. The van der Waals surface area contributed by atoms with Gasteiger partial charge in [-0.15, -0.1) is 0 Å². The largest absolute Gasteiger partial charge is 0.493 e. The molecule has 1 amide bonds.